The Morgan fingerprint density at radius 2 is 1.62 bits per heavy atom. The first-order valence-corrected chi connectivity index (χ1v) is 9.05. The summed E-state index contributed by atoms with van der Waals surface area (Å²) in [4.78, 5) is 23.6. The molecule has 1 aromatic heterocycles. The molecule has 2 amide bonds. The van der Waals surface area contributed by atoms with Gasteiger partial charge >= 0.3 is 0 Å². The molecule has 150 valence electrons. The van der Waals surface area contributed by atoms with E-state index >= 15 is 0 Å². The normalized spacial score (nSPS) is 10.4. The van der Waals surface area contributed by atoms with Crippen molar-refractivity contribution >= 4 is 17.5 Å². The Balaban J connectivity index is 1.76. The molecule has 1 heterocycles. The number of amides is 2. The van der Waals surface area contributed by atoms with Crippen LogP contribution in [0.5, 0.6) is 11.5 Å². The fourth-order valence-electron chi connectivity index (χ4n) is 3.11. The maximum Gasteiger partial charge on any atom is 0.257 e. The predicted molar refractivity (Wildman–Crippen MR) is 111 cm³/mol. The lowest BCUT2D eigenvalue weighted by Crippen LogP contribution is -2.20. The van der Waals surface area contributed by atoms with Crippen molar-refractivity contribution < 1.29 is 19.1 Å². The van der Waals surface area contributed by atoms with Crippen molar-refractivity contribution in [2.45, 2.75) is 13.8 Å². The summed E-state index contributed by atoms with van der Waals surface area (Å²) in [6, 6.07) is 16.3. The van der Waals surface area contributed by atoms with E-state index in [0.29, 0.717) is 17.0 Å². The summed E-state index contributed by atoms with van der Waals surface area (Å²) in [5, 5.41) is 2.88. The number of aryl methyl sites for hydroxylation is 1. The van der Waals surface area contributed by atoms with Gasteiger partial charge in [-0.2, -0.15) is 0 Å². The number of carbonyl (C=O) groups excluding carboxylic acids is 2. The van der Waals surface area contributed by atoms with E-state index in [-0.39, 0.29) is 12.5 Å². The smallest absolute Gasteiger partial charge is 0.257 e. The lowest BCUT2D eigenvalue weighted by molar-refractivity contribution is -0.119. The van der Waals surface area contributed by atoms with Gasteiger partial charge in [0.05, 0.1) is 12.7 Å². The lowest BCUT2D eigenvalue weighted by atomic mass is 10.2. The summed E-state index contributed by atoms with van der Waals surface area (Å²) < 4.78 is 12.4. The summed E-state index contributed by atoms with van der Waals surface area (Å²) in [6.07, 6.45) is 0. The van der Waals surface area contributed by atoms with Crippen LogP contribution in [0.25, 0.3) is 5.69 Å². The predicted octanol–water partition coefficient (Wildman–Crippen LogP) is 3.22. The minimum absolute atomic E-state index is 0.191. The number of ether oxygens (including phenoxy) is 2. The molecule has 0 saturated heterocycles. The van der Waals surface area contributed by atoms with Crippen molar-refractivity contribution in [2.75, 3.05) is 19.0 Å². The molecule has 0 aliphatic carbocycles. The fourth-order valence-corrected chi connectivity index (χ4v) is 3.11. The van der Waals surface area contributed by atoms with E-state index in [1.807, 2.05) is 48.7 Å². The van der Waals surface area contributed by atoms with Crippen LogP contribution in [0.15, 0.2) is 54.6 Å². The van der Waals surface area contributed by atoms with Crippen molar-refractivity contribution in [1.82, 2.24) is 4.57 Å². The Morgan fingerprint density at radius 3 is 2.21 bits per heavy atom. The van der Waals surface area contributed by atoms with Crippen molar-refractivity contribution in [3.8, 4) is 17.2 Å². The molecule has 7 nitrogen and oxygen atoms in total. The molecule has 0 saturated carbocycles. The van der Waals surface area contributed by atoms with Crippen LogP contribution < -0.4 is 20.5 Å². The molecule has 7 heteroatoms. The van der Waals surface area contributed by atoms with Crippen LogP contribution in [0.1, 0.15) is 21.7 Å². The highest BCUT2D eigenvalue weighted by atomic mass is 16.5. The highest BCUT2D eigenvalue weighted by Gasteiger charge is 2.17. The van der Waals surface area contributed by atoms with E-state index < -0.39 is 5.91 Å². The SMILES string of the molecule is COc1ccc(-n2c(C)cc(C(=O)Nc3ccc(OCC(N)=O)cc3)c2C)cc1. The summed E-state index contributed by atoms with van der Waals surface area (Å²) in [6.45, 7) is 3.68. The number of hydrogen-bond donors (Lipinski definition) is 2. The molecule has 0 spiro atoms. The van der Waals surface area contributed by atoms with Crippen LogP contribution in [0, 0.1) is 13.8 Å². The van der Waals surface area contributed by atoms with Crippen molar-refractivity contribution in [3.63, 3.8) is 0 Å². The van der Waals surface area contributed by atoms with E-state index in [9.17, 15) is 9.59 Å². The van der Waals surface area contributed by atoms with Gasteiger partial charge in [0.1, 0.15) is 11.5 Å². The van der Waals surface area contributed by atoms with Gasteiger partial charge < -0.3 is 25.1 Å². The molecule has 0 bridgehead atoms. The molecule has 0 radical (unpaired) electrons. The van der Waals surface area contributed by atoms with Gasteiger partial charge in [0, 0.05) is 22.8 Å². The molecule has 2 aromatic carbocycles. The molecular formula is C22H23N3O4. The third kappa shape index (κ3) is 4.57. The Labute approximate surface area is 169 Å². The maximum absolute atomic E-state index is 12.8. The highest BCUT2D eigenvalue weighted by molar-refractivity contribution is 6.05. The Kier molecular flexibility index (Phi) is 5.87. The Morgan fingerprint density at radius 1 is 1.00 bits per heavy atom. The third-order valence-electron chi connectivity index (χ3n) is 4.50. The number of nitrogens with one attached hydrogen (secondary N) is 1. The zero-order chi connectivity index (χ0) is 21.0. The number of hydrogen-bond acceptors (Lipinski definition) is 4. The van der Waals surface area contributed by atoms with Gasteiger partial charge in [0.2, 0.25) is 0 Å². The zero-order valence-electron chi connectivity index (χ0n) is 16.6. The molecule has 3 aromatic rings. The maximum atomic E-state index is 12.8. The minimum Gasteiger partial charge on any atom is -0.497 e. The van der Waals surface area contributed by atoms with E-state index in [2.05, 4.69) is 5.32 Å². The molecule has 29 heavy (non-hydrogen) atoms. The van der Waals surface area contributed by atoms with Gasteiger partial charge in [-0.15, -0.1) is 0 Å². The van der Waals surface area contributed by atoms with Gasteiger partial charge in [0.15, 0.2) is 6.61 Å². The highest BCUT2D eigenvalue weighted by Crippen LogP contribution is 2.24. The van der Waals surface area contributed by atoms with Crippen LogP contribution in [-0.4, -0.2) is 30.1 Å². The standard InChI is InChI=1S/C22H23N3O4/c1-14-12-20(15(2)25(14)17-6-10-18(28-3)11-7-17)22(27)24-16-4-8-19(9-5-16)29-13-21(23)26/h4-12H,13H2,1-3H3,(H2,23,26)(H,24,27). The van der Waals surface area contributed by atoms with Crippen molar-refractivity contribution in [1.29, 1.82) is 0 Å². The number of rotatable bonds is 7. The zero-order valence-corrected chi connectivity index (χ0v) is 16.6. The van der Waals surface area contributed by atoms with Gasteiger partial charge in [-0.25, -0.2) is 0 Å². The molecule has 0 aliphatic rings. The van der Waals surface area contributed by atoms with Crippen LogP contribution in [0.3, 0.4) is 0 Å². The number of primary amides is 1. The van der Waals surface area contributed by atoms with Gasteiger partial charge in [-0.05, 0) is 68.4 Å². The molecule has 0 fully saturated rings. The monoisotopic (exact) mass is 393 g/mol. The number of benzene rings is 2. The molecule has 3 N–H and O–H groups in total. The van der Waals surface area contributed by atoms with Gasteiger partial charge in [-0.3, -0.25) is 9.59 Å². The Bertz CT molecular complexity index is 1020. The van der Waals surface area contributed by atoms with Gasteiger partial charge in [-0.1, -0.05) is 0 Å². The first-order chi connectivity index (χ1) is 13.9. The second-order valence-corrected chi connectivity index (χ2v) is 6.55. The molecule has 0 atom stereocenters. The summed E-state index contributed by atoms with van der Waals surface area (Å²) in [7, 11) is 1.63. The first kappa shape index (κ1) is 20.0. The molecule has 0 unspecified atom stereocenters. The topological polar surface area (TPSA) is 95.6 Å². The van der Waals surface area contributed by atoms with Crippen LogP contribution in [0.4, 0.5) is 5.69 Å². The molecule has 0 aliphatic heterocycles. The van der Waals surface area contributed by atoms with Crippen LogP contribution in [0.2, 0.25) is 0 Å². The van der Waals surface area contributed by atoms with E-state index in [1.165, 1.54) is 0 Å². The first-order valence-electron chi connectivity index (χ1n) is 9.05. The number of carbonyl (C=O) groups is 2. The second-order valence-electron chi connectivity index (χ2n) is 6.55. The summed E-state index contributed by atoms with van der Waals surface area (Å²) in [5.74, 6) is 0.523. The van der Waals surface area contributed by atoms with Gasteiger partial charge in [0.25, 0.3) is 11.8 Å². The number of nitrogens with zero attached hydrogens (tertiary/aromatic N) is 1. The van der Waals surface area contributed by atoms with E-state index in [0.717, 1.165) is 22.8 Å². The van der Waals surface area contributed by atoms with Crippen LogP contribution in [-0.2, 0) is 4.79 Å². The largest absolute Gasteiger partial charge is 0.497 e. The molecule has 3 rings (SSSR count). The van der Waals surface area contributed by atoms with Crippen molar-refractivity contribution in [2.24, 2.45) is 5.73 Å². The lowest BCUT2D eigenvalue weighted by Gasteiger charge is -2.11. The quantitative estimate of drug-likeness (QED) is 0.644. The average molecular weight is 393 g/mol. The number of anilines is 1. The van der Waals surface area contributed by atoms with E-state index in [1.54, 1.807) is 31.4 Å². The minimum atomic E-state index is -0.547. The fraction of sp³-hybridized carbons (Fsp3) is 0.182. The molecular weight excluding hydrogens is 370 g/mol. The number of nitrogens with two attached hydrogens (primary N) is 1. The Hall–Kier alpha value is -3.74. The number of aromatic nitrogens is 1. The summed E-state index contributed by atoms with van der Waals surface area (Å²) >= 11 is 0. The summed E-state index contributed by atoms with van der Waals surface area (Å²) in [5.41, 5.74) is 9.01. The third-order valence-corrected chi connectivity index (χ3v) is 4.50. The second kappa shape index (κ2) is 8.52. The van der Waals surface area contributed by atoms with Crippen LogP contribution >= 0.6 is 0 Å². The van der Waals surface area contributed by atoms with Crippen molar-refractivity contribution in [3.05, 3.63) is 71.5 Å². The average Bonchev–Trinajstić information content (AvgIpc) is 3.01. The van der Waals surface area contributed by atoms with E-state index in [4.69, 9.17) is 15.2 Å². The number of methoxy groups -OCH3 is 1.